The molecule has 12 heteroatoms. The van der Waals surface area contributed by atoms with Crippen LogP contribution in [0.25, 0.3) is 11.0 Å². The summed E-state index contributed by atoms with van der Waals surface area (Å²) < 4.78 is 45.3. The molecule has 1 saturated heterocycles. The summed E-state index contributed by atoms with van der Waals surface area (Å²) in [6.07, 6.45) is -3.54. The lowest BCUT2D eigenvalue weighted by Crippen LogP contribution is -2.51. The Bertz CT molecular complexity index is 1160. The van der Waals surface area contributed by atoms with E-state index in [-0.39, 0.29) is 52.8 Å². The third-order valence-corrected chi connectivity index (χ3v) is 4.91. The molecule has 1 fully saturated rings. The number of amides is 1. The Balaban J connectivity index is 1.63. The Labute approximate surface area is 171 Å². The molecule has 0 saturated carbocycles. The average molecular weight is 441 g/mol. The quantitative estimate of drug-likeness (QED) is 0.665. The van der Waals surface area contributed by atoms with Gasteiger partial charge in [0.1, 0.15) is 0 Å². The number of carboxylic acids is 1. The number of benzene rings is 1. The van der Waals surface area contributed by atoms with Gasteiger partial charge in [-0.15, -0.1) is 0 Å². The molecular formula is C18H12ClF3N4O4. The van der Waals surface area contributed by atoms with Crippen molar-refractivity contribution in [1.82, 2.24) is 10.1 Å². The van der Waals surface area contributed by atoms with Gasteiger partial charge in [0.2, 0.25) is 5.91 Å². The van der Waals surface area contributed by atoms with Crippen LogP contribution in [-0.4, -0.2) is 46.8 Å². The average Bonchev–Trinajstić information content (AvgIpc) is 3.11. The summed E-state index contributed by atoms with van der Waals surface area (Å²) in [5.74, 6) is -1.71. The van der Waals surface area contributed by atoms with E-state index >= 15 is 0 Å². The minimum atomic E-state index is -4.62. The van der Waals surface area contributed by atoms with Gasteiger partial charge in [-0.2, -0.15) is 13.2 Å². The molecule has 1 aliphatic rings. The first-order valence-corrected chi connectivity index (χ1v) is 8.94. The van der Waals surface area contributed by atoms with Crippen molar-refractivity contribution in [2.24, 2.45) is 0 Å². The minimum Gasteiger partial charge on any atom is -0.478 e. The number of piperazine rings is 1. The highest BCUT2D eigenvalue weighted by molar-refractivity contribution is 6.33. The number of carboxylic acid groups (broad SMARTS) is 1. The van der Waals surface area contributed by atoms with Crippen LogP contribution >= 0.6 is 11.6 Å². The molecule has 156 valence electrons. The molecule has 8 nitrogen and oxygen atoms in total. The number of alkyl halides is 3. The van der Waals surface area contributed by atoms with Crippen molar-refractivity contribution in [3.8, 4) is 0 Å². The zero-order chi connectivity index (χ0) is 21.6. The molecule has 0 radical (unpaired) electrons. The van der Waals surface area contributed by atoms with E-state index in [1.807, 2.05) is 0 Å². The molecule has 0 bridgehead atoms. The van der Waals surface area contributed by atoms with Gasteiger partial charge in [-0.25, -0.2) is 9.78 Å². The summed E-state index contributed by atoms with van der Waals surface area (Å²) in [5, 5.41) is 12.5. The van der Waals surface area contributed by atoms with Gasteiger partial charge in [0.05, 0.1) is 28.1 Å². The Morgan fingerprint density at radius 3 is 2.63 bits per heavy atom. The predicted molar refractivity (Wildman–Crippen MR) is 99.8 cm³/mol. The summed E-state index contributed by atoms with van der Waals surface area (Å²) in [6, 6.07) is 4.69. The van der Waals surface area contributed by atoms with Crippen LogP contribution in [0.4, 0.5) is 24.8 Å². The number of aromatic nitrogens is 2. The van der Waals surface area contributed by atoms with E-state index in [2.05, 4.69) is 10.1 Å². The van der Waals surface area contributed by atoms with E-state index < -0.39 is 23.6 Å². The molecule has 1 aromatic carbocycles. The third kappa shape index (κ3) is 3.41. The fourth-order valence-corrected chi connectivity index (χ4v) is 3.52. The Morgan fingerprint density at radius 1 is 1.23 bits per heavy atom. The zero-order valence-electron chi connectivity index (χ0n) is 15.0. The van der Waals surface area contributed by atoms with Gasteiger partial charge in [-0.3, -0.25) is 9.69 Å². The molecule has 0 aliphatic carbocycles. The number of carbonyl (C=O) groups is 2. The van der Waals surface area contributed by atoms with Crippen LogP contribution in [-0.2, 0) is 11.0 Å². The molecule has 30 heavy (non-hydrogen) atoms. The number of halogens is 4. The van der Waals surface area contributed by atoms with Crippen molar-refractivity contribution in [2.45, 2.75) is 6.18 Å². The van der Waals surface area contributed by atoms with Gasteiger partial charge in [-0.1, -0.05) is 22.8 Å². The predicted octanol–water partition coefficient (Wildman–Crippen LogP) is 3.45. The summed E-state index contributed by atoms with van der Waals surface area (Å²) in [5.41, 5.74) is -1.08. The maximum absolute atomic E-state index is 13.4. The summed E-state index contributed by atoms with van der Waals surface area (Å²) in [4.78, 5) is 30.3. The Kier molecular flexibility index (Phi) is 4.77. The van der Waals surface area contributed by atoms with Crippen molar-refractivity contribution < 1.29 is 32.4 Å². The van der Waals surface area contributed by atoms with E-state index in [1.54, 1.807) is 0 Å². The molecule has 0 spiro atoms. The SMILES string of the molecule is O=C(O)c1cnc(N2CCN(c3noc4cccc(C(F)(F)F)c34)CC2=O)c(Cl)c1. The lowest BCUT2D eigenvalue weighted by Gasteiger charge is -2.34. The minimum absolute atomic E-state index is 0.0251. The summed E-state index contributed by atoms with van der Waals surface area (Å²) >= 11 is 6.07. The van der Waals surface area contributed by atoms with Crippen LogP contribution in [0.15, 0.2) is 35.0 Å². The number of pyridine rings is 1. The maximum Gasteiger partial charge on any atom is 0.417 e. The highest BCUT2D eigenvalue weighted by Crippen LogP contribution is 2.39. The van der Waals surface area contributed by atoms with Crippen LogP contribution in [0, 0.1) is 0 Å². The second-order valence-electron chi connectivity index (χ2n) is 6.48. The normalized spacial score (nSPS) is 15.1. The van der Waals surface area contributed by atoms with Crippen molar-refractivity contribution >= 4 is 46.1 Å². The Hall–Kier alpha value is -3.34. The molecule has 2 aromatic heterocycles. The van der Waals surface area contributed by atoms with Crippen LogP contribution in [0.2, 0.25) is 5.02 Å². The number of hydrogen-bond donors (Lipinski definition) is 1. The highest BCUT2D eigenvalue weighted by atomic mass is 35.5. The van der Waals surface area contributed by atoms with Gasteiger partial charge in [0.15, 0.2) is 17.2 Å². The lowest BCUT2D eigenvalue weighted by atomic mass is 10.1. The van der Waals surface area contributed by atoms with E-state index in [0.29, 0.717) is 0 Å². The first-order chi connectivity index (χ1) is 14.2. The fraction of sp³-hybridized carbons (Fsp3) is 0.222. The van der Waals surface area contributed by atoms with Gasteiger partial charge in [0, 0.05) is 19.3 Å². The maximum atomic E-state index is 13.4. The van der Waals surface area contributed by atoms with Gasteiger partial charge >= 0.3 is 12.1 Å². The van der Waals surface area contributed by atoms with Crippen molar-refractivity contribution in [3.05, 3.63) is 46.6 Å². The standard InChI is InChI=1S/C18H12ClF3N4O4/c19-11-6-9(17(28)29)7-23-15(11)26-5-4-25(8-13(26)27)16-14-10(18(20,21)22)2-1-3-12(14)30-24-16/h1-3,6-7H,4-5,8H2,(H,28,29). The number of nitrogens with zero attached hydrogens (tertiary/aromatic N) is 4. The smallest absolute Gasteiger partial charge is 0.417 e. The van der Waals surface area contributed by atoms with E-state index in [9.17, 15) is 22.8 Å². The molecule has 1 aliphatic heterocycles. The largest absolute Gasteiger partial charge is 0.478 e. The molecular weight excluding hydrogens is 429 g/mol. The number of aromatic carboxylic acids is 1. The van der Waals surface area contributed by atoms with E-state index in [0.717, 1.165) is 12.3 Å². The molecule has 3 aromatic rings. The number of carbonyl (C=O) groups excluding carboxylic acids is 1. The molecule has 4 rings (SSSR count). The van der Waals surface area contributed by atoms with Gasteiger partial charge < -0.3 is 14.5 Å². The Morgan fingerprint density at radius 2 is 2.00 bits per heavy atom. The van der Waals surface area contributed by atoms with Crippen molar-refractivity contribution in [1.29, 1.82) is 0 Å². The second-order valence-corrected chi connectivity index (χ2v) is 6.89. The summed E-state index contributed by atoms with van der Waals surface area (Å²) in [6.45, 7) is -0.0920. The third-order valence-electron chi connectivity index (χ3n) is 4.63. The molecule has 0 atom stereocenters. The van der Waals surface area contributed by atoms with E-state index in [4.69, 9.17) is 21.2 Å². The van der Waals surface area contributed by atoms with Gasteiger partial charge in [-0.05, 0) is 18.2 Å². The van der Waals surface area contributed by atoms with E-state index in [1.165, 1.54) is 28.0 Å². The second kappa shape index (κ2) is 7.17. The van der Waals surface area contributed by atoms with Crippen LogP contribution in [0.1, 0.15) is 15.9 Å². The topological polar surface area (TPSA) is 99.8 Å². The number of anilines is 2. The first-order valence-electron chi connectivity index (χ1n) is 8.56. The fourth-order valence-electron chi connectivity index (χ4n) is 3.25. The number of hydrogen-bond acceptors (Lipinski definition) is 6. The molecule has 1 amide bonds. The van der Waals surface area contributed by atoms with Crippen LogP contribution in [0.5, 0.6) is 0 Å². The molecule has 1 N–H and O–H groups in total. The zero-order valence-corrected chi connectivity index (χ0v) is 15.7. The van der Waals surface area contributed by atoms with Crippen LogP contribution in [0.3, 0.4) is 0 Å². The van der Waals surface area contributed by atoms with Crippen molar-refractivity contribution in [2.75, 3.05) is 29.4 Å². The monoisotopic (exact) mass is 440 g/mol. The van der Waals surface area contributed by atoms with Crippen LogP contribution < -0.4 is 9.80 Å². The van der Waals surface area contributed by atoms with Gasteiger partial charge in [0.25, 0.3) is 0 Å². The molecule has 3 heterocycles. The number of rotatable bonds is 3. The van der Waals surface area contributed by atoms with Crippen molar-refractivity contribution in [3.63, 3.8) is 0 Å². The first kappa shape index (κ1) is 20.0. The molecule has 0 unspecified atom stereocenters. The summed E-state index contributed by atoms with van der Waals surface area (Å²) in [7, 11) is 0. The highest BCUT2D eigenvalue weighted by Gasteiger charge is 2.37. The number of fused-ring (bicyclic) bond motifs is 1. The lowest BCUT2D eigenvalue weighted by molar-refractivity contribution is -0.136.